The number of allylic oxidation sites excluding steroid dienone is 1. The van der Waals surface area contributed by atoms with E-state index in [4.69, 9.17) is 14.2 Å². The van der Waals surface area contributed by atoms with Crippen LogP contribution in [0.4, 0.5) is 0 Å². The van der Waals surface area contributed by atoms with E-state index in [1.807, 2.05) is 4.90 Å². The minimum absolute atomic E-state index is 0.0230. The van der Waals surface area contributed by atoms with Crippen molar-refractivity contribution in [3.8, 4) is 0 Å². The zero-order chi connectivity index (χ0) is 14.7. The van der Waals surface area contributed by atoms with E-state index in [0.717, 1.165) is 52.2 Å². The average Bonchev–Trinajstić information content (AvgIpc) is 2.56. The molecule has 0 aromatic heterocycles. The molecule has 1 atom stereocenters. The number of nitrogens with zero attached hydrogens (tertiary/aromatic N) is 2. The Morgan fingerprint density at radius 3 is 2.62 bits per heavy atom. The molecule has 3 aliphatic heterocycles. The van der Waals surface area contributed by atoms with Crippen LogP contribution in [0.3, 0.4) is 0 Å². The van der Waals surface area contributed by atoms with Crippen LogP contribution in [-0.4, -0.2) is 74.4 Å². The minimum Gasteiger partial charge on any atom is -0.491 e. The molecule has 2 fully saturated rings. The Labute approximate surface area is 125 Å². The third-order valence-electron chi connectivity index (χ3n) is 4.41. The third kappa shape index (κ3) is 3.32. The van der Waals surface area contributed by atoms with Crippen LogP contribution in [0.25, 0.3) is 0 Å². The number of piperidine rings is 1. The van der Waals surface area contributed by atoms with Gasteiger partial charge in [0.25, 0.3) is 5.91 Å². The summed E-state index contributed by atoms with van der Waals surface area (Å²) in [5.74, 6) is 0.980. The minimum atomic E-state index is -0.0230. The number of hydrogen-bond acceptors (Lipinski definition) is 5. The van der Waals surface area contributed by atoms with Gasteiger partial charge in [0.1, 0.15) is 19.0 Å². The van der Waals surface area contributed by atoms with Crippen molar-refractivity contribution >= 4 is 5.91 Å². The van der Waals surface area contributed by atoms with Crippen LogP contribution in [0.2, 0.25) is 0 Å². The molecule has 0 bridgehead atoms. The summed E-state index contributed by atoms with van der Waals surface area (Å²) in [6.07, 6.45) is 2.19. The van der Waals surface area contributed by atoms with Gasteiger partial charge in [-0.1, -0.05) is 0 Å². The summed E-state index contributed by atoms with van der Waals surface area (Å²) in [7, 11) is 0. The third-order valence-corrected chi connectivity index (χ3v) is 4.41. The molecule has 3 heterocycles. The van der Waals surface area contributed by atoms with Crippen molar-refractivity contribution in [2.24, 2.45) is 0 Å². The number of hydrogen-bond donors (Lipinski definition) is 0. The van der Waals surface area contributed by atoms with Crippen molar-refractivity contribution in [2.45, 2.75) is 25.8 Å². The van der Waals surface area contributed by atoms with Crippen LogP contribution < -0.4 is 0 Å². The summed E-state index contributed by atoms with van der Waals surface area (Å²) in [6, 6.07) is 0.442. The van der Waals surface area contributed by atoms with Crippen molar-refractivity contribution in [1.82, 2.24) is 9.80 Å². The van der Waals surface area contributed by atoms with Crippen LogP contribution in [-0.2, 0) is 19.0 Å². The predicted molar refractivity (Wildman–Crippen MR) is 76.6 cm³/mol. The molecular formula is C15H24N2O4. The van der Waals surface area contributed by atoms with Crippen molar-refractivity contribution in [3.05, 3.63) is 11.5 Å². The number of carbonyl (C=O) groups is 1. The number of likely N-dealkylation sites (tertiary alicyclic amines) is 1. The second-order valence-corrected chi connectivity index (χ2v) is 5.78. The van der Waals surface area contributed by atoms with E-state index >= 15 is 0 Å². The first-order valence-corrected chi connectivity index (χ1v) is 7.83. The van der Waals surface area contributed by atoms with E-state index in [0.29, 0.717) is 30.8 Å². The van der Waals surface area contributed by atoms with Crippen molar-refractivity contribution in [2.75, 3.05) is 52.6 Å². The number of rotatable bonds is 2. The van der Waals surface area contributed by atoms with Crippen LogP contribution in [0.1, 0.15) is 19.8 Å². The Bertz CT molecular complexity index is 418. The normalized spacial score (nSPS) is 28.0. The Balaban J connectivity index is 1.63. The van der Waals surface area contributed by atoms with Gasteiger partial charge in [0.05, 0.1) is 13.2 Å². The zero-order valence-corrected chi connectivity index (χ0v) is 12.7. The molecule has 1 amide bonds. The summed E-state index contributed by atoms with van der Waals surface area (Å²) in [5.41, 5.74) is 0. The van der Waals surface area contributed by atoms with Gasteiger partial charge in [0, 0.05) is 32.2 Å². The van der Waals surface area contributed by atoms with E-state index in [2.05, 4.69) is 4.90 Å². The monoisotopic (exact) mass is 296 g/mol. The predicted octanol–water partition coefficient (Wildman–Crippen LogP) is 0.588. The molecule has 0 N–H and O–H groups in total. The van der Waals surface area contributed by atoms with E-state index in [1.54, 1.807) is 6.92 Å². The first-order chi connectivity index (χ1) is 10.3. The Morgan fingerprint density at radius 2 is 1.86 bits per heavy atom. The molecule has 0 saturated carbocycles. The molecule has 3 rings (SSSR count). The quantitative estimate of drug-likeness (QED) is 0.746. The topological polar surface area (TPSA) is 51.2 Å². The van der Waals surface area contributed by atoms with Crippen molar-refractivity contribution in [3.63, 3.8) is 0 Å². The standard InChI is InChI=1S/C15H24N2O4/c1-12-14(21-10-9-20-12)15(18)17-4-2-3-13(11-17)16-5-7-19-8-6-16/h13H,2-11H2,1H3. The number of amides is 1. The van der Waals surface area contributed by atoms with E-state index < -0.39 is 0 Å². The zero-order valence-electron chi connectivity index (χ0n) is 12.7. The van der Waals surface area contributed by atoms with Gasteiger partial charge in [-0.15, -0.1) is 0 Å². The smallest absolute Gasteiger partial charge is 0.292 e. The van der Waals surface area contributed by atoms with E-state index in [9.17, 15) is 4.79 Å². The fraction of sp³-hybridized carbons (Fsp3) is 0.800. The van der Waals surface area contributed by atoms with Gasteiger partial charge in [-0.25, -0.2) is 0 Å². The fourth-order valence-electron chi connectivity index (χ4n) is 3.24. The van der Waals surface area contributed by atoms with E-state index in [-0.39, 0.29) is 5.91 Å². The highest BCUT2D eigenvalue weighted by Crippen LogP contribution is 2.21. The average molecular weight is 296 g/mol. The van der Waals surface area contributed by atoms with Crippen molar-refractivity contribution < 1.29 is 19.0 Å². The molecule has 0 aromatic carbocycles. The molecule has 0 aromatic rings. The van der Waals surface area contributed by atoms with Gasteiger partial charge < -0.3 is 19.1 Å². The SMILES string of the molecule is CC1=C(C(=O)N2CCCC(N3CCOCC3)C2)OCCO1. The van der Waals surface area contributed by atoms with Gasteiger partial charge in [0.15, 0.2) is 0 Å². The number of ether oxygens (including phenoxy) is 3. The molecule has 1 unspecified atom stereocenters. The first-order valence-electron chi connectivity index (χ1n) is 7.83. The Morgan fingerprint density at radius 1 is 1.10 bits per heavy atom. The molecule has 0 spiro atoms. The maximum atomic E-state index is 12.6. The molecule has 0 radical (unpaired) electrons. The lowest BCUT2D eigenvalue weighted by molar-refractivity contribution is -0.135. The van der Waals surface area contributed by atoms with Crippen LogP contribution in [0, 0.1) is 0 Å². The summed E-state index contributed by atoms with van der Waals surface area (Å²) in [4.78, 5) is 17.0. The molecule has 118 valence electrons. The summed E-state index contributed by atoms with van der Waals surface area (Å²) in [6.45, 7) is 7.89. The second-order valence-electron chi connectivity index (χ2n) is 5.78. The lowest BCUT2D eigenvalue weighted by atomic mass is 10.0. The van der Waals surface area contributed by atoms with Gasteiger partial charge in [-0.2, -0.15) is 0 Å². The molecular weight excluding hydrogens is 272 g/mol. The summed E-state index contributed by atoms with van der Waals surface area (Å²) < 4.78 is 16.3. The Kier molecular flexibility index (Phi) is 4.65. The summed E-state index contributed by atoms with van der Waals surface area (Å²) in [5, 5.41) is 0. The van der Waals surface area contributed by atoms with Gasteiger partial charge in [0.2, 0.25) is 5.76 Å². The number of morpholine rings is 1. The summed E-state index contributed by atoms with van der Waals surface area (Å²) >= 11 is 0. The highest BCUT2D eigenvalue weighted by Gasteiger charge is 2.32. The molecule has 2 saturated heterocycles. The van der Waals surface area contributed by atoms with E-state index in [1.165, 1.54) is 0 Å². The van der Waals surface area contributed by atoms with Crippen molar-refractivity contribution in [1.29, 1.82) is 0 Å². The molecule has 0 aliphatic carbocycles. The van der Waals surface area contributed by atoms with Crippen LogP contribution in [0.15, 0.2) is 11.5 Å². The lowest BCUT2D eigenvalue weighted by Gasteiger charge is -2.41. The molecule has 21 heavy (non-hydrogen) atoms. The largest absolute Gasteiger partial charge is 0.491 e. The van der Waals surface area contributed by atoms with Gasteiger partial charge >= 0.3 is 0 Å². The highest BCUT2D eigenvalue weighted by atomic mass is 16.6. The Hall–Kier alpha value is -1.27. The fourth-order valence-corrected chi connectivity index (χ4v) is 3.24. The molecule has 6 nitrogen and oxygen atoms in total. The maximum Gasteiger partial charge on any atom is 0.292 e. The first kappa shape index (κ1) is 14.7. The maximum absolute atomic E-state index is 12.6. The second kappa shape index (κ2) is 6.66. The molecule has 6 heteroatoms. The highest BCUT2D eigenvalue weighted by molar-refractivity contribution is 5.92. The van der Waals surface area contributed by atoms with Crippen LogP contribution in [0.5, 0.6) is 0 Å². The van der Waals surface area contributed by atoms with Gasteiger partial charge in [-0.3, -0.25) is 9.69 Å². The van der Waals surface area contributed by atoms with Crippen LogP contribution >= 0.6 is 0 Å². The molecule has 3 aliphatic rings. The number of carbonyl (C=O) groups excluding carboxylic acids is 1. The van der Waals surface area contributed by atoms with Gasteiger partial charge in [-0.05, 0) is 19.8 Å². The lowest BCUT2D eigenvalue weighted by Crippen LogP contribution is -2.53.